The van der Waals surface area contributed by atoms with Crippen LogP contribution < -0.4 is 0 Å². The van der Waals surface area contributed by atoms with Crippen LogP contribution >= 0.6 is 0 Å². The van der Waals surface area contributed by atoms with Gasteiger partial charge in [0.05, 0.1) is 5.76 Å². The zero-order valence-corrected chi connectivity index (χ0v) is 10.0. The minimum Gasteiger partial charge on any atom is -0.459 e. The van der Waals surface area contributed by atoms with E-state index in [4.69, 9.17) is 4.74 Å². The van der Waals surface area contributed by atoms with Gasteiger partial charge in [-0.3, -0.25) is 4.79 Å². The molecule has 0 atom stereocenters. The standard InChI is InChI=1S/C15H16O2/c1-11(2)17-15-13(9-6-10-14(15)16)12-7-4-3-5-8-12/h3-5,7-8H,1,6,9-10H2,2H3. The van der Waals surface area contributed by atoms with Gasteiger partial charge in [-0.25, -0.2) is 0 Å². The maximum atomic E-state index is 11.9. The largest absolute Gasteiger partial charge is 0.459 e. The predicted molar refractivity (Wildman–Crippen MR) is 68.1 cm³/mol. The van der Waals surface area contributed by atoms with Crippen molar-refractivity contribution in [2.24, 2.45) is 0 Å². The fourth-order valence-electron chi connectivity index (χ4n) is 2.03. The summed E-state index contributed by atoms with van der Waals surface area (Å²) in [5.74, 6) is 1.12. The van der Waals surface area contributed by atoms with E-state index in [9.17, 15) is 4.79 Å². The molecule has 0 spiro atoms. The lowest BCUT2D eigenvalue weighted by Crippen LogP contribution is -2.13. The molecule has 0 aliphatic heterocycles. The third-order valence-electron chi connectivity index (χ3n) is 2.76. The van der Waals surface area contributed by atoms with E-state index in [0.717, 1.165) is 24.0 Å². The molecule has 2 nitrogen and oxygen atoms in total. The third kappa shape index (κ3) is 2.64. The fourth-order valence-corrected chi connectivity index (χ4v) is 2.03. The second-order valence-electron chi connectivity index (χ2n) is 4.25. The normalized spacial score (nSPS) is 15.9. The maximum Gasteiger partial charge on any atom is 0.198 e. The molecule has 0 N–H and O–H groups in total. The van der Waals surface area contributed by atoms with Crippen LogP contribution in [-0.2, 0) is 9.53 Å². The van der Waals surface area contributed by atoms with Gasteiger partial charge in [-0.15, -0.1) is 0 Å². The molecule has 1 aromatic rings. The predicted octanol–water partition coefficient (Wildman–Crippen LogP) is 3.70. The maximum absolute atomic E-state index is 11.9. The van der Waals surface area contributed by atoms with Crippen molar-refractivity contribution in [2.75, 3.05) is 0 Å². The van der Waals surface area contributed by atoms with Crippen molar-refractivity contribution in [1.29, 1.82) is 0 Å². The number of ether oxygens (including phenoxy) is 1. The molecule has 0 radical (unpaired) electrons. The minimum atomic E-state index is 0.0816. The molecule has 0 saturated heterocycles. The summed E-state index contributed by atoms with van der Waals surface area (Å²) in [5.41, 5.74) is 2.07. The van der Waals surface area contributed by atoms with Gasteiger partial charge >= 0.3 is 0 Å². The monoisotopic (exact) mass is 228 g/mol. The molecule has 1 aromatic carbocycles. The number of Topliss-reactive ketones (excluding diaryl/α,β-unsaturated/α-hetero) is 1. The van der Waals surface area contributed by atoms with Crippen molar-refractivity contribution < 1.29 is 9.53 Å². The number of benzene rings is 1. The van der Waals surface area contributed by atoms with Crippen molar-refractivity contribution in [1.82, 2.24) is 0 Å². The van der Waals surface area contributed by atoms with Crippen LogP contribution in [0.15, 0.2) is 48.4 Å². The molecule has 88 valence electrons. The summed E-state index contributed by atoms with van der Waals surface area (Å²) in [5, 5.41) is 0. The number of carbonyl (C=O) groups is 1. The van der Waals surface area contributed by atoms with E-state index in [0.29, 0.717) is 17.9 Å². The van der Waals surface area contributed by atoms with Gasteiger partial charge < -0.3 is 4.74 Å². The van der Waals surface area contributed by atoms with Crippen LogP contribution in [0.5, 0.6) is 0 Å². The molecule has 1 aliphatic carbocycles. The van der Waals surface area contributed by atoms with E-state index < -0.39 is 0 Å². The first kappa shape index (κ1) is 11.6. The Morgan fingerprint density at radius 1 is 1.24 bits per heavy atom. The Kier molecular flexibility index (Phi) is 3.43. The van der Waals surface area contributed by atoms with Crippen molar-refractivity contribution in [3.63, 3.8) is 0 Å². The number of carbonyl (C=O) groups excluding carboxylic acids is 1. The van der Waals surface area contributed by atoms with E-state index in [1.807, 2.05) is 30.3 Å². The lowest BCUT2D eigenvalue weighted by molar-refractivity contribution is -0.118. The lowest BCUT2D eigenvalue weighted by Gasteiger charge is -2.19. The molecule has 17 heavy (non-hydrogen) atoms. The molecule has 0 unspecified atom stereocenters. The molecular formula is C15H16O2. The summed E-state index contributed by atoms with van der Waals surface area (Å²) in [4.78, 5) is 11.9. The van der Waals surface area contributed by atoms with E-state index >= 15 is 0 Å². The van der Waals surface area contributed by atoms with E-state index in [2.05, 4.69) is 6.58 Å². The zero-order chi connectivity index (χ0) is 12.3. The average Bonchev–Trinajstić information content (AvgIpc) is 2.32. The molecular weight excluding hydrogens is 212 g/mol. The first-order valence-electron chi connectivity index (χ1n) is 5.83. The number of ketones is 1. The zero-order valence-electron chi connectivity index (χ0n) is 10.0. The first-order valence-corrected chi connectivity index (χ1v) is 5.83. The van der Waals surface area contributed by atoms with Crippen LogP contribution in [0.3, 0.4) is 0 Å². The van der Waals surface area contributed by atoms with Gasteiger partial charge in [0, 0.05) is 12.0 Å². The van der Waals surface area contributed by atoms with Crippen LogP contribution in [0, 0.1) is 0 Å². The van der Waals surface area contributed by atoms with E-state index in [1.54, 1.807) is 6.92 Å². The molecule has 2 heteroatoms. The topological polar surface area (TPSA) is 26.3 Å². The molecule has 2 rings (SSSR count). The summed E-state index contributed by atoms with van der Waals surface area (Å²) in [6.07, 6.45) is 2.35. The summed E-state index contributed by atoms with van der Waals surface area (Å²) in [6, 6.07) is 9.93. The Morgan fingerprint density at radius 3 is 2.59 bits per heavy atom. The van der Waals surface area contributed by atoms with Gasteiger partial charge in [0.1, 0.15) is 0 Å². The second-order valence-corrected chi connectivity index (χ2v) is 4.25. The van der Waals surface area contributed by atoms with Crippen molar-refractivity contribution in [2.45, 2.75) is 26.2 Å². The van der Waals surface area contributed by atoms with Gasteiger partial charge in [0.15, 0.2) is 11.5 Å². The van der Waals surface area contributed by atoms with E-state index in [1.165, 1.54) is 0 Å². The van der Waals surface area contributed by atoms with Crippen molar-refractivity contribution in [3.05, 3.63) is 54.0 Å². The molecule has 0 fully saturated rings. The lowest BCUT2D eigenvalue weighted by atomic mass is 9.91. The minimum absolute atomic E-state index is 0.0816. The molecule has 0 aromatic heterocycles. The Labute approximate surface area is 102 Å². The van der Waals surface area contributed by atoms with Gasteiger partial charge in [-0.05, 0) is 25.3 Å². The molecule has 0 bridgehead atoms. The molecule has 1 aliphatic rings. The Bertz CT molecular complexity index is 469. The van der Waals surface area contributed by atoms with E-state index in [-0.39, 0.29) is 5.78 Å². The SMILES string of the molecule is C=C(C)OC1=C(c2ccccc2)CCCC1=O. The van der Waals surface area contributed by atoms with Gasteiger partial charge in [0.2, 0.25) is 0 Å². The quantitative estimate of drug-likeness (QED) is 0.737. The Balaban J connectivity index is 2.44. The Hall–Kier alpha value is -1.83. The first-order chi connectivity index (χ1) is 8.18. The molecule has 0 heterocycles. The molecule has 0 amide bonds. The van der Waals surface area contributed by atoms with Crippen LogP contribution in [0.4, 0.5) is 0 Å². The number of allylic oxidation sites excluding steroid dienone is 3. The Morgan fingerprint density at radius 2 is 1.94 bits per heavy atom. The van der Waals surface area contributed by atoms with Gasteiger partial charge in [-0.1, -0.05) is 36.9 Å². The summed E-state index contributed by atoms with van der Waals surface area (Å²) < 4.78 is 5.51. The van der Waals surface area contributed by atoms with Crippen LogP contribution in [-0.4, -0.2) is 5.78 Å². The third-order valence-corrected chi connectivity index (χ3v) is 2.76. The highest BCUT2D eigenvalue weighted by Crippen LogP contribution is 2.31. The molecule has 0 saturated carbocycles. The number of hydrogen-bond donors (Lipinski definition) is 0. The summed E-state index contributed by atoms with van der Waals surface area (Å²) in [7, 11) is 0. The highest BCUT2D eigenvalue weighted by Gasteiger charge is 2.23. The fraction of sp³-hybridized carbons (Fsp3) is 0.267. The number of hydrogen-bond acceptors (Lipinski definition) is 2. The van der Waals surface area contributed by atoms with Crippen LogP contribution in [0.2, 0.25) is 0 Å². The summed E-state index contributed by atoms with van der Waals surface area (Å²) >= 11 is 0. The van der Waals surface area contributed by atoms with Crippen LogP contribution in [0.1, 0.15) is 31.7 Å². The van der Waals surface area contributed by atoms with Crippen molar-refractivity contribution >= 4 is 11.4 Å². The second kappa shape index (κ2) is 5.00. The van der Waals surface area contributed by atoms with Gasteiger partial charge in [0.25, 0.3) is 0 Å². The average molecular weight is 228 g/mol. The smallest absolute Gasteiger partial charge is 0.198 e. The van der Waals surface area contributed by atoms with Gasteiger partial charge in [-0.2, -0.15) is 0 Å². The van der Waals surface area contributed by atoms with Crippen molar-refractivity contribution in [3.8, 4) is 0 Å². The number of rotatable bonds is 3. The summed E-state index contributed by atoms with van der Waals surface area (Å²) in [6.45, 7) is 5.46. The highest BCUT2D eigenvalue weighted by molar-refractivity contribution is 6.02. The van der Waals surface area contributed by atoms with Crippen LogP contribution in [0.25, 0.3) is 5.57 Å². The highest BCUT2D eigenvalue weighted by atomic mass is 16.5.